The fourth-order valence-electron chi connectivity index (χ4n) is 7.57. The van der Waals surface area contributed by atoms with Crippen LogP contribution in [0, 0.1) is 30.1 Å². The number of carbonyl (C=O) groups excluding carboxylic acids is 1. The number of carbonyl (C=O) groups is 1. The SMILES string of the molecule is C=CC(=O)N1CCN(c2nc(OCCOC3CC4CC4C3)nc3c2CCN(c2cccc4cccc(C)c24)C3)C[C@@H]1CC#N. The van der Waals surface area contributed by atoms with Crippen molar-refractivity contribution in [2.75, 3.05) is 49.2 Å². The number of hydrogen-bond acceptors (Lipinski definition) is 8. The van der Waals surface area contributed by atoms with Crippen molar-refractivity contribution in [3.05, 3.63) is 65.9 Å². The largest absolute Gasteiger partial charge is 0.461 e. The molecule has 2 saturated carbocycles. The Hall–Kier alpha value is -4.16. The molecule has 2 aliphatic heterocycles. The third-order valence-corrected chi connectivity index (χ3v) is 9.89. The maximum atomic E-state index is 12.5. The van der Waals surface area contributed by atoms with Crippen molar-refractivity contribution in [3.8, 4) is 12.1 Å². The van der Waals surface area contributed by atoms with E-state index in [1.165, 1.54) is 47.4 Å². The van der Waals surface area contributed by atoms with Gasteiger partial charge in [0.25, 0.3) is 0 Å². The number of fused-ring (bicyclic) bond motifs is 3. The highest BCUT2D eigenvalue weighted by molar-refractivity contribution is 5.97. The van der Waals surface area contributed by atoms with E-state index in [2.05, 4.69) is 65.8 Å². The van der Waals surface area contributed by atoms with Crippen LogP contribution in [-0.4, -0.2) is 72.3 Å². The van der Waals surface area contributed by atoms with E-state index < -0.39 is 0 Å². The summed E-state index contributed by atoms with van der Waals surface area (Å²) in [4.78, 5) is 28.8. The lowest BCUT2D eigenvalue weighted by atomic mass is 9.99. The molecule has 1 amide bonds. The topological polar surface area (TPSA) is 94.8 Å². The molecule has 0 radical (unpaired) electrons. The number of ether oxygens (including phenoxy) is 2. The van der Waals surface area contributed by atoms with Gasteiger partial charge in [0.05, 0.1) is 43.5 Å². The zero-order chi connectivity index (χ0) is 30.2. The highest BCUT2D eigenvalue weighted by atomic mass is 16.5. The normalized spacial score (nSPS) is 24.0. The second-order valence-electron chi connectivity index (χ2n) is 12.6. The van der Waals surface area contributed by atoms with Crippen molar-refractivity contribution < 1.29 is 14.3 Å². The van der Waals surface area contributed by atoms with Crippen molar-refractivity contribution in [1.82, 2.24) is 14.9 Å². The van der Waals surface area contributed by atoms with Gasteiger partial charge in [-0.15, -0.1) is 0 Å². The molecular weight excluding hydrogens is 552 g/mol. The second kappa shape index (κ2) is 12.1. The number of nitrogens with zero attached hydrogens (tertiary/aromatic N) is 6. The number of rotatable bonds is 9. The van der Waals surface area contributed by atoms with Crippen molar-refractivity contribution in [2.24, 2.45) is 11.8 Å². The molecule has 228 valence electrons. The summed E-state index contributed by atoms with van der Waals surface area (Å²) in [5.74, 6) is 2.48. The molecular formula is C35H40N6O3. The Morgan fingerprint density at radius 3 is 2.68 bits per heavy atom. The molecule has 2 unspecified atom stereocenters. The van der Waals surface area contributed by atoms with Gasteiger partial charge >= 0.3 is 6.01 Å². The molecule has 3 aromatic rings. The van der Waals surface area contributed by atoms with Crippen LogP contribution >= 0.6 is 0 Å². The van der Waals surface area contributed by atoms with Gasteiger partial charge < -0.3 is 24.2 Å². The summed E-state index contributed by atoms with van der Waals surface area (Å²) < 4.78 is 12.3. The van der Waals surface area contributed by atoms with Crippen LogP contribution in [0.25, 0.3) is 10.8 Å². The molecule has 2 aliphatic carbocycles. The standard InChI is InChI=1S/C35H40N6O3/c1-3-32(42)41-15-14-40(21-27(41)10-12-36)34-29-11-13-39(31-9-5-8-24-7-4-6-23(2)33(24)31)22-30(29)37-35(38-34)44-17-16-43-28-19-25-18-26(25)20-28/h3-9,25-28H,1,10-11,13-22H2,2H3/t25?,26?,27-,28?/m0/s1. The zero-order valence-corrected chi connectivity index (χ0v) is 25.5. The maximum Gasteiger partial charge on any atom is 0.318 e. The van der Waals surface area contributed by atoms with Crippen LogP contribution in [-0.2, 0) is 22.5 Å². The summed E-state index contributed by atoms with van der Waals surface area (Å²) in [6, 6.07) is 15.3. The number of nitriles is 1. The summed E-state index contributed by atoms with van der Waals surface area (Å²) in [7, 11) is 0. The molecule has 1 saturated heterocycles. The van der Waals surface area contributed by atoms with Crippen molar-refractivity contribution in [2.45, 2.75) is 57.7 Å². The molecule has 44 heavy (non-hydrogen) atoms. The minimum Gasteiger partial charge on any atom is -0.461 e. The van der Waals surface area contributed by atoms with E-state index >= 15 is 0 Å². The molecule has 3 heterocycles. The Morgan fingerprint density at radius 1 is 1.07 bits per heavy atom. The first-order chi connectivity index (χ1) is 21.5. The lowest BCUT2D eigenvalue weighted by molar-refractivity contribution is -0.128. The molecule has 9 heteroatoms. The van der Waals surface area contributed by atoms with Gasteiger partial charge in [-0.3, -0.25) is 4.79 Å². The van der Waals surface area contributed by atoms with Crippen LogP contribution in [0.3, 0.4) is 0 Å². The van der Waals surface area contributed by atoms with E-state index in [-0.39, 0.29) is 18.4 Å². The number of piperazine rings is 1. The summed E-state index contributed by atoms with van der Waals surface area (Å²) in [6.07, 6.45) is 6.46. The molecule has 0 N–H and O–H groups in total. The Bertz CT molecular complexity index is 1600. The first-order valence-corrected chi connectivity index (χ1v) is 15.9. The molecule has 4 aliphatic rings. The van der Waals surface area contributed by atoms with Crippen LogP contribution in [0.1, 0.15) is 42.5 Å². The van der Waals surface area contributed by atoms with E-state index in [1.807, 2.05) is 0 Å². The van der Waals surface area contributed by atoms with E-state index in [0.717, 1.165) is 41.9 Å². The fraction of sp³-hybridized carbons (Fsp3) is 0.486. The van der Waals surface area contributed by atoms with Gasteiger partial charge in [-0.1, -0.05) is 36.9 Å². The van der Waals surface area contributed by atoms with Gasteiger partial charge in [0, 0.05) is 42.8 Å². The molecule has 3 atom stereocenters. The average Bonchev–Trinajstić information content (AvgIpc) is 3.66. The predicted molar refractivity (Wildman–Crippen MR) is 170 cm³/mol. The molecule has 1 aromatic heterocycles. The van der Waals surface area contributed by atoms with Crippen LogP contribution in [0.5, 0.6) is 6.01 Å². The van der Waals surface area contributed by atoms with Gasteiger partial charge in [0.2, 0.25) is 5.91 Å². The molecule has 3 fully saturated rings. The molecule has 2 aromatic carbocycles. The van der Waals surface area contributed by atoms with Gasteiger partial charge in [-0.05, 0) is 67.5 Å². The van der Waals surface area contributed by atoms with Crippen LogP contribution in [0.2, 0.25) is 0 Å². The Kier molecular flexibility index (Phi) is 7.85. The molecule has 9 nitrogen and oxygen atoms in total. The molecule has 0 bridgehead atoms. The van der Waals surface area contributed by atoms with E-state index in [0.29, 0.717) is 51.5 Å². The Balaban J connectivity index is 1.16. The number of aromatic nitrogens is 2. The summed E-state index contributed by atoms with van der Waals surface area (Å²) in [6.45, 7) is 9.87. The van der Waals surface area contributed by atoms with Gasteiger partial charge in [0.1, 0.15) is 12.4 Å². The average molecular weight is 593 g/mol. The third-order valence-electron chi connectivity index (χ3n) is 9.89. The van der Waals surface area contributed by atoms with E-state index in [1.54, 1.807) is 4.90 Å². The van der Waals surface area contributed by atoms with Gasteiger partial charge in [-0.2, -0.15) is 15.2 Å². The third kappa shape index (κ3) is 5.59. The second-order valence-corrected chi connectivity index (χ2v) is 12.6. The van der Waals surface area contributed by atoms with E-state index in [9.17, 15) is 10.1 Å². The van der Waals surface area contributed by atoms with Gasteiger partial charge in [0.15, 0.2) is 0 Å². The first-order valence-electron chi connectivity index (χ1n) is 15.9. The highest BCUT2D eigenvalue weighted by Gasteiger charge is 2.46. The number of aryl methyl sites for hydroxylation is 1. The molecule has 7 rings (SSSR count). The lowest BCUT2D eigenvalue weighted by Crippen LogP contribution is -2.55. The summed E-state index contributed by atoms with van der Waals surface area (Å²) in [5.41, 5.74) is 4.54. The van der Waals surface area contributed by atoms with E-state index in [4.69, 9.17) is 19.4 Å². The maximum absolute atomic E-state index is 12.5. The first kappa shape index (κ1) is 28.6. The molecule has 0 spiro atoms. The number of anilines is 2. The quantitative estimate of drug-likeness (QED) is 0.258. The van der Waals surface area contributed by atoms with Crippen molar-refractivity contribution >= 4 is 28.2 Å². The Morgan fingerprint density at radius 2 is 1.89 bits per heavy atom. The minimum absolute atomic E-state index is 0.140. The van der Waals surface area contributed by atoms with Crippen molar-refractivity contribution in [3.63, 3.8) is 0 Å². The summed E-state index contributed by atoms with van der Waals surface area (Å²) in [5, 5.41) is 12.0. The van der Waals surface area contributed by atoms with Crippen LogP contribution in [0.15, 0.2) is 49.1 Å². The predicted octanol–water partition coefficient (Wildman–Crippen LogP) is 4.81. The zero-order valence-electron chi connectivity index (χ0n) is 25.5. The monoisotopic (exact) mass is 592 g/mol. The number of hydrogen-bond donors (Lipinski definition) is 0. The minimum atomic E-state index is -0.237. The van der Waals surface area contributed by atoms with Gasteiger partial charge in [-0.25, -0.2) is 0 Å². The van der Waals surface area contributed by atoms with Crippen molar-refractivity contribution in [1.29, 1.82) is 5.26 Å². The van der Waals surface area contributed by atoms with Crippen LogP contribution < -0.4 is 14.5 Å². The lowest BCUT2D eigenvalue weighted by Gasteiger charge is -2.42. The number of benzene rings is 2. The smallest absolute Gasteiger partial charge is 0.318 e. The Labute approximate surface area is 259 Å². The van der Waals surface area contributed by atoms with Crippen LogP contribution in [0.4, 0.5) is 11.5 Å². The highest BCUT2D eigenvalue weighted by Crippen LogP contribution is 2.52. The summed E-state index contributed by atoms with van der Waals surface area (Å²) >= 11 is 0. The number of amides is 1. The fourth-order valence-corrected chi connectivity index (χ4v) is 7.57.